The zero-order chi connectivity index (χ0) is 27.8. The number of aliphatic carboxylic acids is 1. The summed E-state index contributed by atoms with van der Waals surface area (Å²) in [5, 5.41) is 9.23. The number of unbranched alkanes of at least 4 members (excludes halogenated alkanes) is 1. The molecule has 0 radical (unpaired) electrons. The molecule has 0 aromatic heterocycles. The van der Waals surface area contributed by atoms with E-state index in [-0.39, 0.29) is 0 Å². The number of hydrogen-bond donors (Lipinski definition) is 3. The molecule has 218 valence electrons. The van der Waals surface area contributed by atoms with E-state index in [1.54, 1.807) is 0 Å². The van der Waals surface area contributed by atoms with Gasteiger partial charge in [-0.05, 0) is 148 Å². The molecule has 4 saturated carbocycles. The molecule has 0 aliphatic heterocycles. The first-order chi connectivity index (χ1) is 18.6. The maximum Gasteiger partial charge on any atom is 0.303 e. The van der Waals surface area contributed by atoms with Gasteiger partial charge in [-0.3, -0.25) is 4.79 Å². The summed E-state index contributed by atoms with van der Waals surface area (Å²) < 4.78 is 6.47. The number of carboxylic acid groups (broad SMARTS) is 1. The Balaban J connectivity index is 1.11. The molecule has 4 aliphatic rings. The lowest BCUT2D eigenvalue weighted by atomic mass is 9.44. The Kier molecular flexibility index (Phi) is 8.57. The topological polar surface area (TPSA) is 98.6 Å². The van der Waals surface area contributed by atoms with Gasteiger partial charge in [-0.25, -0.2) is 0 Å². The quantitative estimate of drug-likeness (QED) is 0.209. The zero-order valence-electron chi connectivity index (χ0n) is 24.8. The molecular formula is C34H54N2O3. The van der Waals surface area contributed by atoms with Crippen LogP contribution in [0, 0.1) is 46.3 Å². The van der Waals surface area contributed by atoms with Crippen molar-refractivity contribution in [2.45, 2.75) is 117 Å². The number of nitrogen functional groups attached to an aromatic ring is 2. The molecule has 5 nitrogen and oxygen atoms in total. The molecule has 5 N–H and O–H groups in total. The molecule has 5 heteroatoms. The normalized spacial score (nSPS) is 38.4. The second-order valence-electron chi connectivity index (χ2n) is 14.5. The van der Waals surface area contributed by atoms with Gasteiger partial charge in [0.25, 0.3) is 0 Å². The van der Waals surface area contributed by atoms with Crippen molar-refractivity contribution in [3.63, 3.8) is 0 Å². The minimum absolute atomic E-state index is 0.324. The molecule has 0 heterocycles. The fourth-order valence-corrected chi connectivity index (χ4v) is 10.4. The van der Waals surface area contributed by atoms with E-state index in [0.717, 1.165) is 67.3 Å². The number of carboxylic acids is 1. The minimum Gasteiger partial charge on any atom is -0.481 e. The van der Waals surface area contributed by atoms with Crippen LogP contribution in [0.1, 0.15) is 110 Å². The van der Waals surface area contributed by atoms with Crippen molar-refractivity contribution >= 4 is 17.3 Å². The first-order valence-electron chi connectivity index (χ1n) is 16.1. The Morgan fingerprint density at radius 3 is 2.56 bits per heavy atom. The van der Waals surface area contributed by atoms with E-state index >= 15 is 0 Å². The summed E-state index contributed by atoms with van der Waals surface area (Å²) >= 11 is 0. The predicted molar refractivity (Wildman–Crippen MR) is 159 cm³/mol. The van der Waals surface area contributed by atoms with Crippen molar-refractivity contribution < 1.29 is 14.6 Å². The van der Waals surface area contributed by atoms with Gasteiger partial charge in [0.15, 0.2) is 0 Å². The highest BCUT2D eigenvalue weighted by Gasteiger charge is 2.60. The number of aryl methyl sites for hydroxylation is 1. The van der Waals surface area contributed by atoms with Crippen LogP contribution in [-0.2, 0) is 16.0 Å². The average Bonchev–Trinajstić information content (AvgIpc) is 3.25. The monoisotopic (exact) mass is 538 g/mol. The Hall–Kier alpha value is -1.75. The fraction of sp³-hybridized carbons (Fsp3) is 0.794. The number of anilines is 2. The third-order valence-electron chi connectivity index (χ3n) is 12.6. The molecular weight excluding hydrogens is 484 g/mol. The lowest BCUT2D eigenvalue weighted by Crippen LogP contribution is -2.54. The van der Waals surface area contributed by atoms with Gasteiger partial charge in [0, 0.05) is 24.4 Å². The highest BCUT2D eigenvalue weighted by molar-refractivity contribution is 5.66. The van der Waals surface area contributed by atoms with Gasteiger partial charge in [-0.2, -0.15) is 0 Å². The third kappa shape index (κ3) is 5.72. The number of nitrogens with two attached hydrogens (primary N) is 2. The number of benzene rings is 1. The second-order valence-corrected chi connectivity index (χ2v) is 14.5. The summed E-state index contributed by atoms with van der Waals surface area (Å²) in [5.41, 5.74) is 15.6. The lowest BCUT2D eigenvalue weighted by Gasteiger charge is -2.61. The van der Waals surface area contributed by atoms with Crippen LogP contribution in [-0.4, -0.2) is 23.8 Å². The first kappa shape index (κ1) is 28.8. The Bertz CT molecular complexity index is 1010. The summed E-state index contributed by atoms with van der Waals surface area (Å²) in [6, 6.07) is 5.86. The number of ether oxygens (including phenoxy) is 1. The summed E-state index contributed by atoms with van der Waals surface area (Å²) in [4.78, 5) is 11.2. The molecule has 0 amide bonds. The standard InChI is InChI=1S/C34H54N2O3/c1-22(7-14-32(37)38)28-12-13-29-27-11-9-24-20-26(15-17-33(24,2)30(27)16-18-34(28,29)3)39-19-5-4-6-23-8-10-25(35)21-31(23)36/h8,10,21-22,24,26-30H,4-7,9,11-20,35-36H2,1-3H3,(H,37,38)/t22-,24?,26?,27+,28-,29+,30+,33+,34-/m1/s1. The number of fused-ring (bicyclic) bond motifs is 5. The molecule has 5 rings (SSSR count). The molecule has 39 heavy (non-hydrogen) atoms. The summed E-state index contributed by atoms with van der Waals surface area (Å²) in [5.74, 6) is 3.98. The molecule has 9 atom stereocenters. The van der Waals surface area contributed by atoms with Crippen molar-refractivity contribution in [3.8, 4) is 0 Å². The second kappa shape index (κ2) is 11.6. The maximum absolute atomic E-state index is 11.2. The fourth-order valence-electron chi connectivity index (χ4n) is 10.4. The van der Waals surface area contributed by atoms with Crippen molar-refractivity contribution in [2.75, 3.05) is 18.1 Å². The van der Waals surface area contributed by atoms with Crippen LogP contribution >= 0.6 is 0 Å². The van der Waals surface area contributed by atoms with E-state index in [1.165, 1.54) is 63.4 Å². The molecule has 1 aromatic carbocycles. The van der Waals surface area contributed by atoms with E-state index in [0.29, 0.717) is 35.2 Å². The zero-order valence-corrected chi connectivity index (χ0v) is 24.8. The van der Waals surface area contributed by atoms with Crippen LogP contribution in [0.5, 0.6) is 0 Å². The summed E-state index contributed by atoms with van der Waals surface area (Å²) in [7, 11) is 0. The highest BCUT2D eigenvalue weighted by atomic mass is 16.5. The maximum atomic E-state index is 11.2. The first-order valence-corrected chi connectivity index (χ1v) is 16.1. The third-order valence-corrected chi connectivity index (χ3v) is 12.6. The average molecular weight is 539 g/mol. The van der Waals surface area contributed by atoms with Crippen molar-refractivity contribution in [1.82, 2.24) is 0 Å². The van der Waals surface area contributed by atoms with Gasteiger partial charge in [-0.1, -0.05) is 26.8 Å². The summed E-state index contributed by atoms with van der Waals surface area (Å²) in [6.07, 6.45) is 16.8. The number of carbonyl (C=O) groups is 1. The van der Waals surface area contributed by atoms with Crippen LogP contribution in [0.2, 0.25) is 0 Å². The van der Waals surface area contributed by atoms with Gasteiger partial charge < -0.3 is 21.3 Å². The van der Waals surface area contributed by atoms with E-state index in [1.807, 2.05) is 12.1 Å². The van der Waals surface area contributed by atoms with Crippen molar-refractivity contribution in [1.29, 1.82) is 0 Å². The van der Waals surface area contributed by atoms with E-state index in [9.17, 15) is 9.90 Å². The minimum atomic E-state index is -0.639. The van der Waals surface area contributed by atoms with Crippen molar-refractivity contribution in [3.05, 3.63) is 23.8 Å². The Morgan fingerprint density at radius 2 is 1.79 bits per heavy atom. The van der Waals surface area contributed by atoms with Gasteiger partial charge in [0.2, 0.25) is 0 Å². The molecule has 1 aromatic rings. The van der Waals surface area contributed by atoms with Gasteiger partial charge >= 0.3 is 5.97 Å². The van der Waals surface area contributed by atoms with Gasteiger partial charge in [-0.15, -0.1) is 0 Å². The van der Waals surface area contributed by atoms with E-state index in [4.69, 9.17) is 16.2 Å². The molecule has 4 fully saturated rings. The van der Waals surface area contributed by atoms with E-state index < -0.39 is 5.97 Å². The van der Waals surface area contributed by atoms with Crippen molar-refractivity contribution in [2.24, 2.45) is 46.3 Å². The van der Waals surface area contributed by atoms with Crippen LogP contribution in [0.3, 0.4) is 0 Å². The van der Waals surface area contributed by atoms with Gasteiger partial charge in [0.1, 0.15) is 0 Å². The largest absolute Gasteiger partial charge is 0.481 e. The lowest BCUT2D eigenvalue weighted by molar-refractivity contribution is -0.139. The SMILES string of the molecule is C[C@H](CCC(=O)O)[C@H]1CC[C@H]2[C@@H]3CCC4CC(OCCCCc5ccc(N)cc5N)CC[C@]4(C)[C@H]3CC[C@]12C. The van der Waals surface area contributed by atoms with Crippen LogP contribution in [0.25, 0.3) is 0 Å². The van der Waals surface area contributed by atoms with Crippen LogP contribution < -0.4 is 11.5 Å². The molecule has 0 bridgehead atoms. The highest BCUT2D eigenvalue weighted by Crippen LogP contribution is 2.68. The molecule has 2 unspecified atom stereocenters. The summed E-state index contributed by atoms with van der Waals surface area (Å²) in [6.45, 7) is 8.42. The van der Waals surface area contributed by atoms with Crippen LogP contribution in [0.15, 0.2) is 18.2 Å². The molecule has 0 spiro atoms. The Morgan fingerprint density at radius 1 is 1.03 bits per heavy atom. The van der Waals surface area contributed by atoms with Gasteiger partial charge in [0.05, 0.1) is 6.10 Å². The number of rotatable bonds is 10. The smallest absolute Gasteiger partial charge is 0.303 e. The predicted octanol–water partition coefficient (Wildman–Crippen LogP) is 7.72. The van der Waals surface area contributed by atoms with Crippen LogP contribution in [0.4, 0.5) is 11.4 Å². The Labute approximate surface area is 236 Å². The molecule has 4 aliphatic carbocycles. The molecule has 0 saturated heterocycles. The number of hydrogen-bond acceptors (Lipinski definition) is 4. The van der Waals surface area contributed by atoms with E-state index in [2.05, 4.69) is 26.8 Å².